The fourth-order valence-electron chi connectivity index (χ4n) is 2.05. The Morgan fingerprint density at radius 1 is 0.958 bits per heavy atom. The third-order valence-corrected chi connectivity index (χ3v) is 3.23. The summed E-state index contributed by atoms with van der Waals surface area (Å²) >= 11 is 0. The van der Waals surface area contributed by atoms with Crippen molar-refractivity contribution in [3.63, 3.8) is 0 Å². The van der Waals surface area contributed by atoms with E-state index in [1.807, 2.05) is 20.8 Å². The molecule has 2 amide bonds. The van der Waals surface area contributed by atoms with Crippen LogP contribution in [0, 0.1) is 0 Å². The summed E-state index contributed by atoms with van der Waals surface area (Å²) in [5.74, 6) is -0.0819. The van der Waals surface area contributed by atoms with E-state index >= 15 is 0 Å². The predicted octanol–water partition coefficient (Wildman–Crippen LogP) is 3.08. The van der Waals surface area contributed by atoms with Crippen LogP contribution in [0.15, 0.2) is 24.3 Å². The number of benzene rings is 1. The van der Waals surface area contributed by atoms with Crippen molar-refractivity contribution >= 4 is 17.7 Å². The lowest BCUT2D eigenvalue weighted by molar-refractivity contribution is 0.0526. The van der Waals surface area contributed by atoms with Crippen LogP contribution >= 0.6 is 0 Å². The van der Waals surface area contributed by atoms with E-state index in [9.17, 15) is 9.59 Å². The molecule has 0 aliphatic carbocycles. The van der Waals surface area contributed by atoms with Gasteiger partial charge in [-0.25, -0.2) is 4.79 Å². The van der Waals surface area contributed by atoms with Crippen molar-refractivity contribution < 1.29 is 14.3 Å². The van der Waals surface area contributed by atoms with Crippen molar-refractivity contribution in [2.24, 2.45) is 0 Å². The van der Waals surface area contributed by atoms with Crippen molar-refractivity contribution in [1.82, 2.24) is 10.6 Å². The molecule has 134 valence electrons. The number of alkyl carbamates (subject to hydrolysis) is 1. The number of ether oxygens (including phenoxy) is 1. The monoisotopic (exact) mass is 335 g/mol. The van der Waals surface area contributed by atoms with Gasteiger partial charge in [0.25, 0.3) is 5.91 Å². The van der Waals surface area contributed by atoms with Gasteiger partial charge in [-0.3, -0.25) is 4.79 Å². The molecular formula is C18H29N3O3. The average Bonchev–Trinajstić information content (AvgIpc) is 2.48. The van der Waals surface area contributed by atoms with Crippen LogP contribution in [0.25, 0.3) is 0 Å². The van der Waals surface area contributed by atoms with Crippen molar-refractivity contribution in [3.05, 3.63) is 29.8 Å². The van der Waals surface area contributed by atoms with Crippen LogP contribution in [-0.2, 0) is 4.74 Å². The van der Waals surface area contributed by atoms with E-state index in [1.54, 1.807) is 24.3 Å². The highest BCUT2D eigenvalue weighted by atomic mass is 16.6. The Morgan fingerprint density at radius 3 is 2.04 bits per heavy atom. The lowest BCUT2D eigenvalue weighted by Crippen LogP contribution is -2.33. The highest BCUT2D eigenvalue weighted by Gasteiger charge is 2.15. The minimum atomic E-state index is -0.466. The lowest BCUT2D eigenvalue weighted by atomic mass is 10.1. The molecule has 0 saturated heterocycles. The van der Waals surface area contributed by atoms with Gasteiger partial charge in [-0.05, 0) is 57.9 Å². The smallest absolute Gasteiger partial charge is 0.407 e. The fraction of sp³-hybridized carbons (Fsp3) is 0.556. The van der Waals surface area contributed by atoms with Crippen LogP contribution in [-0.4, -0.2) is 30.7 Å². The molecule has 0 spiro atoms. The number of hydrogen-bond acceptors (Lipinski definition) is 4. The number of amides is 2. The van der Waals surface area contributed by atoms with Gasteiger partial charge < -0.3 is 21.1 Å². The van der Waals surface area contributed by atoms with E-state index in [0.29, 0.717) is 24.3 Å². The Kier molecular flexibility index (Phi) is 8.09. The standard InChI is InChI=1S/C18H29N3O3/c1-18(2,3)24-17(23)21-13-7-5-4-6-12-20-16(22)14-8-10-15(19)11-9-14/h8-11H,4-7,12-13,19H2,1-3H3,(H,20,22)(H,21,23). The van der Waals surface area contributed by atoms with Gasteiger partial charge in [0, 0.05) is 24.3 Å². The minimum Gasteiger partial charge on any atom is -0.444 e. The Morgan fingerprint density at radius 2 is 1.50 bits per heavy atom. The normalized spacial score (nSPS) is 11.0. The third kappa shape index (κ3) is 9.02. The van der Waals surface area contributed by atoms with Crippen LogP contribution in [0.4, 0.5) is 10.5 Å². The number of nitrogens with two attached hydrogens (primary N) is 1. The molecule has 0 saturated carbocycles. The highest BCUT2D eigenvalue weighted by molar-refractivity contribution is 5.94. The number of carbonyl (C=O) groups is 2. The molecule has 0 fully saturated rings. The number of nitrogen functional groups attached to an aromatic ring is 1. The van der Waals surface area contributed by atoms with Gasteiger partial charge in [-0.2, -0.15) is 0 Å². The Balaban J connectivity index is 2.01. The molecule has 0 unspecified atom stereocenters. The van der Waals surface area contributed by atoms with Crippen LogP contribution in [0.2, 0.25) is 0 Å². The van der Waals surface area contributed by atoms with Gasteiger partial charge in [0.1, 0.15) is 5.60 Å². The van der Waals surface area contributed by atoms with Crippen molar-refractivity contribution in [2.45, 2.75) is 52.1 Å². The summed E-state index contributed by atoms with van der Waals surface area (Å²) in [6, 6.07) is 6.86. The maximum absolute atomic E-state index is 11.9. The topological polar surface area (TPSA) is 93.5 Å². The molecule has 4 N–H and O–H groups in total. The number of carbonyl (C=O) groups excluding carboxylic acids is 2. The first kappa shape index (κ1) is 19.8. The van der Waals surface area contributed by atoms with Crippen molar-refractivity contribution in [2.75, 3.05) is 18.8 Å². The number of hydrogen-bond donors (Lipinski definition) is 3. The molecular weight excluding hydrogens is 306 g/mol. The van der Waals surface area contributed by atoms with Crippen molar-refractivity contribution in [3.8, 4) is 0 Å². The summed E-state index contributed by atoms with van der Waals surface area (Å²) in [7, 11) is 0. The summed E-state index contributed by atoms with van der Waals surface area (Å²) in [5, 5.41) is 5.62. The van der Waals surface area contributed by atoms with E-state index in [-0.39, 0.29) is 12.0 Å². The molecule has 1 aromatic rings. The molecule has 1 rings (SSSR count). The largest absolute Gasteiger partial charge is 0.444 e. The quantitative estimate of drug-likeness (QED) is 0.503. The molecule has 0 aliphatic rings. The molecule has 0 radical (unpaired) electrons. The second-order valence-corrected chi connectivity index (χ2v) is 6.72. The molecule has 6 nitrogen and oxygen atoms in total. The minimum absolute atomic E-state index is 0.0819. The molecule has 0 aliphatic heterocycles. The molecule has 0 bridgehead atoms. The number of nitrogens with one attached hydrogen (secondary N) is 2. The van der Waals surface area contributed by atoms with Gasteiger partial charge >= 0.3 is 6.09 Å². The number of unbranched alkanes of at least 4 members (excludes halogenated alkanes) is 3. The summed E-state index contributed by atoms with van der Waals surface area (Å²) < 4.78 is 5.15. The zero-order valence-corrected chi connectivity index (χ0v) is 14.9. The predicted molar refractivity (Wildman–Crippen MR) is 95.9 cm³/mol. The Bertz CT molecular complexity index is 521. The molecule has 1 aromatic carbocycles. The first-order valence-electron chi connectivity index (χ1n) is 8.38. The summed E-state index contributed by atoms with van der Waals surface area (Å²) in [5.41, 5.74) is 6.39. The molecule has 0 atom stereocenters. The zero-order chi connectivity index (χ0) is 18.0. The van der Waals surface area contributed by atoms with Crippen LogP contribution in [0.3, 0.4) is 0 Å². The molecule has 24 heavy (non-hydrogen) atoms. The first-order valence-corrected chi connectivity index (χ1v) is 8.38. The van der Waals surface area contributed by atoms with Gasteiger partial charge in [0.15, 0.2) is 0 Å². The summed E-state index contributed by atoms with van der Waals surface area (Å²) in [4.78, 5) is 23.3. The zero-order valence-electron chi connectivity index (χ0n) is 14.9. The second-order valence-electron chi connectivity index (χ2n) is 6.72. The van der Waals surface area contributed by atoms with Gasteiger partial charge in [-0.15, -0.1) is 0 Å². The Labute approximate surface area is 144 Å². The van der Waals surface area contributed by atoms with Crippen LogP contribution in [0.5, 0.6) is 0 Å². The second kappa shape index (κ2) is 9.80. The van der Waals surface area contributed by atoms with Crippen LogP contribution in [0.1, 0.15) is 56.8 Å². The molecule has 6 heteroatoms. The molecule has 0 aromatic heterocycles. The maximum Gasteiger partial charge on any atom is 0.407 e. The first-order chi connectivity index (χ1) is 11.3. The van der Waals surface area contributed by atoms with E-state index < -0.39 is 5.60 Å². The summed E-state index contributed by atoms with van der Waals surface area (Å²) in [6.07, 6.45) is 3.42. The maximum atomic E-state index is 11.9. The van der Waals surface area contributed by atoms with Gasteiger partial charge in [-0.1, -0.05) is 12.8 Å². The number of anilines is 1. The average molecular weight is 335 g/mol. The van der Waals surface area contributed by atoms with Crippen molar-refractivity contribution in [1.29, 1.82) is 0 Å². The van der Waals surface area contributed by atoms with E-state index in [1.165, 1.54) is 0 Å². The fourth-order valence-corrected chi connectivity index (χ4v) is 2.05. The van der Waals surface area contributed by atoms with E-state index in [0.717, 1.165) is 25.7 Å². The van der Waals surface area contributed by atoms with Crippen LogP contribution < -0.4 is 16.4 Å². The Hall–Kier alpha value is -2.24. The summed E-state index contributed by atoms with van der Waals surface area (Å²) in [6.45, 7) is 6.76. The van der Waals surface area contributed by atoms with Gasteiger partial charge in [0.05, 0.1) is 0 Å². The lowest BCUT2D eigenvalue weighted by Gasteiger charge is -2.19. The molecule has 0 heterocycles. The number of rotatable bonds is 8. The highest BCUT2D eigenvalue weighted by Crippen LogP contribution is 2.07. The SMILES string of the molecule is CC(C)(C)OC(=O)NCCCCCCNC(=O)c1ccc(N)cc1. The van der Waals surface area contributed by atoms with E-state index in [4.69, 9.17) is 10.5 Å². The third-order valence-electron chi connectivity index (χ3n) is 3.23. The van der Waals surface area contributed by atoms with E-state index in [2.05, 4.69) is 10.6 Å². The van der Waals surface area contributed by atoms with Gasteiger partial charge in [0.2, 0.25) is 0 Å².